The summed E-state index contributed by atoms with van der Waals surface area (Å²) in [6.45, 7) is 2.58. The number of nitrogens with zero attached hydrogens (tertiary/aromatic N) is 7. The van der Waals surface area contributed by atoms with E-state index in [2.05, 4.69) is 37.3 Å². The highest BCUT2D eigenvalue weighted by Crippen LogP contribution is 2.35. The summed E-state index contributed by atoms with van der Waals surface area (Å²) in [6, 6.07) is 16.8. The molecule has 1 aromatic carbocycles. The molecule has 0 bridgehead atoms. The molecular formula is C42H35N9O6. The van der Waals surface area contributed by atoms with E-state index < -0.39 is 11.8 Å². The number of anilines is 1. The van der Waals surface area contributed by atoms with E-state index in [-0.39, 0.29) is 36.2 Å². The number of pyridine rings is 4. The highest BCUT2D eigenvalue weighted by molar-refractivity contribution is 6.03. The molecule has 15 heteroatoms. The Morgan fingerprint density at radius 3 is 2.61 bits per heavy atom. The molecule has 0 aliphatic carbocycles. The molecule has 1 unspecified atom stereocenters. The number of hydrogen-bond donors (Lipinski definition) is 2. The molecule has 2 aliphatic rings. The number of imide groups is 1. The summed E-state index contributed by atoms with van der Waals surface area (Å²) in [4.78, 5) is 70.8. The number of ether oxygens (including phenoxy) is 1. The van der Waals surface area contributed by atoms with Gasteiger partial charge in [0.15, 0.2) is 11.6 Å². The van der Waals surface area contributed by atoms with Gasteiger partial charge in [-0.25, -0.2) is 9.78 Å². The molecular weight excluding hydrogens is 727 g/mol. The average Bonchev–Trinajstić information content (AvgIpc) is 3.76. The Kier molecular flexibility index (Phi) is 9.02. The number of hydrogen-bond acceptors (Lipinski definition) is 11. The number of carbonyl (C=O) groups excluding carboxylic acids is 3. The quantitative estimate of drug-likeness (QED) is 0.186. The van der Waals surface area contributed by atoms with E-state index in [1.54, 1.807) is 59.9 Å². The molecule has 1 atom stereocenters. The molecule has 2 saturated heterocycles. The van der Waals surface area contributed by atoms with Crippen LogP contribution in [0.15, 0.2) is 82.4 Å². The Bertz CT molecular complexity index is 2890. The van der Waals surface area contributed by atoms with Crippen LogP contribution in [0.4, 0.5) is 5.82 Å². The van der Waals surface area contributed by atoms with Gasteiger partial charge in [0.05, 0.1) is 48.3 Å². The minimum absolute atomic E-state index is 0.0441. The minimum atomic E-state index is -0.555. The van der Waals surface area contributed by atoms with Gasteiger partial charge in [-0.15, -0.1) is 0 Å². The first-order chi connectivity index (χ1) is 27.7. The molecule has 0 spiro atoms. The third-order valence-corrected chi connectivity index (χ3v) is 10.5. The van der Waals surface area contributed by atoms with Crippen molar-refractivity contribution in [1.82, 2.24) is 39.7 Å². The number of imidazole rings is 1. The van der Waals surface area contributed by atoms with Crippen LogP contribution in [0.2, 0.25) is 0 Å². The fraction of sp³-hybridized carbons (Fsp3) is 0.238. The van der Waals surface area contributed by atoms with Gasteiger partial charge in [-0.3, -0.25) is 43.8 Å². The van der Waals surface area contributed by atoms with Crippen molar-refractivity contribution in [2.24, 2.45) is 14.1 Å². The summed E-state index contributed by atoms with van der Waals surface area (Å²) in [7, 11) is 3.55. The first-order valence-electron chi connectivity index (χ1n) is 18.5. The lowest BCUT2D eigenvalue weighted by atomic mass is 9.92. The maximum atomic E-state index is 13.0. The van der Waals surface area contributed by atoms with E-state index in [4.69, 9.17) is 19.1 Å². The lowest BCUT2D eigenvalue weighted by molar-refractivity contribution is -0.134. The number of carbonyl (C=O) groups is 3. The number of aromatic nitrogens is 6. The lowest BCUT2D eigenvalue weighted by Crippen LogP contribution is -2.39. The summed E-state index contributed by atoms with van der Waals surface area (Å²) in [5.74, 6) is 5.30. The Morgan fingerprint density at radius 2 is 1.81 bits per heavy atom. The van der Waals surface area contributed by atoms with Crippen LogP contribution in [0.5, 0.6) is 0 Å². The van der Waals surface area contributed by atoms with E-state index in [0.717, 1.165) is 44.4 Å². The lowest BCUT2D eigenvalue weighted by Gasteiger charge is -2.29. The molecule has 7 aromatic rings. The van der Waals surface area contributed by atoms with Gasteiger partial charge in [-0.1, -0.05) is 24.1 Å². The zero-order chi connectivity index (χ0) is 39.2. The molecule has 6 aromatic heterocycles. The summed E-state index contributed by atoms with van der Waals surface area (Å²) in [5, 5.41) is 7.63. The summed E-state index contributed by atoms with van der Waals surface area (Å²) >= 11 is 0. The fourth-order valence-electron chi connectivity index (χ4n) is 7.50. The number of benzene rings is 1. The van der Waals surface area contributed by atoms with Crippen LogP contribution in [-0.4, -0.2) is 79.6 Å². The van der Waals surface area contributed by atoms with Crippen LogP contribution in [-0.2, 0) is 28.4 Å². The number of piperidine rings is 1. The molecule has 15 nitrogen and oxygen atoms in total. The number of rotatable bonds is 6. The Labute approximate surface area is 324 Å². The molecule has 2 N–H and O–H groups in total. The van der Waals surface area contributed by atoms with Crippen molar-refractivity contribution in [3.8, 4) is 34.4 Å². The van der Waals surface area contributed by atoms with Crippen LogP contribution < -0.4 is 21.2 Å². The number of amides is 3. The van der Waals surface area contributed by atoms with Crippen LogP contribution >= 0.6 is 0 Å². The third kappa shape index (κ3) is 6.55. The first-order valence-corrected chi connectivity index (χ1v) is 18.5. The van der Waals surface area contributed by atoms with Gasteiger partial charge in [0, 0.05) is 80.2 Å². The predicted octanol–water partition coefficient (Wildman–Crippen LogP) is 3.83. The molecule has 8 heterocycles. The average molecular weight is 762 g/mol. The molecule has 2 aliphatic heterocycles. The van der Waals surface area contributed by atoms with Crippen LogP contribution in [0, 0.1) is 11.8 Å². The Balaban J connectivity index is 0.907. The SMILES string of the molecule is Cn1c(=O)n(C)c2c(N3CCOCC3)nc(-c3cccc4cc(-c5ccc(C(=O)NCC#Cc6cc7c(C8CCC(=O)NC8=O)nccc7o6)nc5)ncc34)cc21. The van der Waals surface area contributed by atoms with Gasteiger partial charge >= 0.3 is 5.69 Å². The smallest absolute Gasteiger partial charge is 0.328 e. The second kappa shape index (κ2) is 14.5. The molecule has 9 rings (SSSR count). The molecule has 3 amide bonds. The van der Waals surface area contributed by atoms with Gasteiger partial charge in [-0.2, -0.15) is 0 Å². The zero-order valence-electron chi connectivity index (χ0n) is 31.0. The Morgan fingerprint density at radius 1 is 0.947 bits per heavy atom. The van der Waals surface area contributed by atoms with E-state index in [1.807, 2.05) is 36.5 Å². The highest BCUT2D eigenvalue weighted by Gasteiger charge is 2.31. The van der Waals surface area contributed by atoms with Crippen LogP contribution in [0.3, 0.4) is 0 Å². The monoisotopic (exact) mass is 761 g/mol. The summed E-state index contributed by atoms with van der Waals surface area (Å²) in [6.07, 6.45) is 5.60. The van der Waals surface area contributed by atoms with Gasteiger partial charge in [-0.05, 0) is 48.1 Å². The molecule has 0 radical (unpaired) electrons. The van der Waals surface area contributed by atoms with Crippen molar-refractivity contribution in [2.45, 2.75) is 18.8 Å². The van der Waals surface area contributed by atoms with Crippen LogP contribution in [0.1, 0.15) is 40.7 Å². The number of aryl methyl sites for hydroxylation is 2. The largest absolute Gasteiger partial charge is 0.448 e. The number of fused-ring (bicyclic) bond motifs is 3. The van der Waals surface area contributed by atoms with Crippen molar-refractivity contribution in [2.75, 3.05) is 37.7 Å². The summed E-state index contributed by atoms with van der Waals surface area (Å²) in [5.41, 5.74) is 5.81. The zero-order valence-corrected chi connectivity index (χ0v) is 31.0. The number of nitrogens with one attached hydrogen (secondary N) is 2. The molecule has 57 heavy (non-hydrogen) atoms. The molecule has 2 fully saturated rings. The van der Waals surface area contributed by atoms with Crippen molar-refractivity contribution < 1.29 is 23.5 Å². The maximum absolute atomic E-state index is 13.0. The number of furan rings is 1. The normalized spacial score (nSPS) is 15.8. The van der Waals surface area contributed by atoms with Gasteiger partial charge < -0.3 is 19.4 Å². The second-order valence-corrected chi connectivity index (χ2v) is 13.9. The van der Waals surface area contributed by atoms with Gasteiger partial charge in [0.25, 0.3) is 5.91 Å². The fourth-order valence-corrected chi connectivity index (χ4v) is 7.50. The van der Waals surface area contributed by atoms with Crippen molar-refractivity contribution in [3.63, 3.8) is 0 Å². The van der Waals surface area contributed by atoms with Crippen molar-refractivity contribution in [1.29, 1.82) is 0 Å². The summed E-state index contributed by atoms with van der Waals surface area (Å²) < 4.78 is 14.7. The Hall–Kier alpha value is -7.18. The van der Waals surface area contributed by atoms with Crippen molar-refractivity contribution in [3.05, 3.63) is 101 Å². The number of morpholine rings is 1. The predicted molar refractivity (Wildman–Crippen MR) is 211 cm³/mol. The van der Waals surface area contributed by atoms with E-state index >= 15 is 0 Å². The molecule has 0 saturated carbocycles. The molecule has 284 valence electrons. The van der Waals surface area contributed by atoms with E-state index in [1.165, 1.54) is 0 Å². The van der Waals surface area contributed by atoms with Gasteiger partial charge in [0.1, 0.15) is 16.8 Å². The maximum Gasteiger partial charge on any atom is 0.328 e. The van der Waals surface area contributed by atoms with E-state index in [9.17, 15) is 19.2 Å². The topological polar surface area (TPSA) is 179 Å². The second-order valence-electron chi connectivity index (χ2n) is 13.9. The standard InChI is InChI=1S/C42H35N9O6/c1-49-34-21-33(47-39(38(34)50(2)42(49)55)51-15-17-56-18-16-51)27-7-3-5-24-19-32(46-23-30(24)27)25-8-10-31(45-22-25)41(54)44-13-4-6-26-20-29-35(57-26)12-14-43-37(29)28-9-11-36(52)48-40(28)53/h3,5,7-8,10,12,14,19-23,28H,9,11,13,15-18H2,1-2H3,(H,44,54)(H,48,52,53). The highest BCUT2D eigenvalue weighted by atomic mass is 16.5. The van der Waals surface area contributed by atoms with Crippen LogP contribution in [0.25, 0.3) is 55.3 Å². The van der Waals surface area contributed by atoms with E-state index in [0.29, 0.717) is 60.8 Å². The first kappa shape index (κ1) is 35.5. The van der Waals surface area contributed by atoms with Crippen molar-refractivity contribution >= 4 is 56.3 Å². The third-order valence-electron chi connectivity index (χ3n) is 10.5. The minimum Gasteiger partial charge on any atom is -0.448 e. The van der Waals surface area contributed by atoms with Gasteiger partial charge in [0.2, 0.25) is 11.8 Å².